The van der Waals surface area contributed by atoms with E-state index >= 15 is 0 Å². The van der Waals surface area contributed by atoms with E-state index in [9.17, 15) is 0 Å². The summed E-state index contributed by atoms with van der Waals surface area (Å²) in [7, 11) is 0. The first-order valence-electron chi connectivity index (χ1n) is 6.58. The van der Waals surface area contributed by atoms with Crippen LogP contribution >= 0.6 is 0 Å². The lowest BCUT2D eigenvalue weighted by Crippen LogP contribution is -2.60. The summed E-state index contributed by atoms with van der Waals surface area (Å²) < 4.78 is 11.0. The zero-order valence-electron chi connectivity index (χ0n) is 11.5. The second kappa shape index (κ2) is 4.84. The number of rotatable bonds is 2. The molecule has 0 bridgehead atoms. The molecular weight excluding hydrogens is 218 g/mol. The molecule has 2 aliphatic heterocycles. The molecule has 1 atom stereocenters. The maximum atomic E-state index is 6.05. The minimum atomic E-state index is -0.250. The number of piperidine rings is 1. The number of nitrogens with zero attached hydrogens (tertiary/aromatic N) is 1. The first-order valence-corrected chi connectivity index (χ1v) is 6.58. The standard InChI is InChI=1S/C13H25NO3/c1-12(2)6-5-7-13(3,4)14(12)17-11-10-15-8-9-16-11/h11H,5-10H2,1-4H3. The predicted octanol–water partition coefficient (Wildman–Crippen LogP) is 2.33. The summed E-state index contributed by atoms with van der Waals surface area (Å²) in [5.41, 5.74) is 0.116. The van der Waals surface area contributed by atoms with Crippen LogP contribution in [0.25, 0.3) is 0 Å². The van der Waals surface area contributed by atoms with Crippen LogP contribution in [-0.4, -0.2) is 42.3 Å². The molecule has 0 saturated carbocycles. The molecule has 2 heterocycles. The van der Waals surface area contributed by atoms with Gasteiger partial charge in [0.25, 0.3) is 0 Å². The fourth-order valence-corrected chi connectivity index (χ4v) is 2.91. The monoisotopic (exact) mass is 243 g/mol. The highest BCUT2D eigenvalue weighted by Crippen LogP contribution is 2.38. The van der Waals surface area contributed by atoms with E-state index in [1.165, 1.54) is 6.42 Å². The largest absolute Gasteiger partial charge is 0.374 e. The third-order valence-corrected chi connectivity index (χ3v) is 3.69. The maximum absolute atomic E-state index is 6.05. The molecule has 0 aliphatic carbocycles. The Bertz CT molecular complexity index is 243. The Labute approximate surface area is 104 Å². The first kappa shape index (κ1) is 13.3. The van der Waals surface area contributed by atoms with E-state index in [4.69, 9.17) is 14.3 Å². The highest BCUT2D eigenvalue weighted by Gasteiger charge is 2.44. The second-order valence-electron chi connectivity index (χ2n) is 6.25. The van der Waals surface area contributed by atoms with Crippen LogP contribution in [0.15, 0.2) is 0 Å². The Morgan fingerprint density at radius 3 is 2.24 bits per heavy atom. The molecule has 0 aromatic carbocycles. The van der Waals surface area contributed by atoms with Crippen molar-refractivity contribution < 1.29 is 14.3 Å². The molecule has 2 fully saturated rings. The van der Waals surface area contributed by atoms with Gasteiger partial charge in [-0.05, 0) is 47.0 Å². The number of hydroxylamine groups is 2. The number of ether oxygens (including phenoxy) is 2. The van der Waals surface area contributed by atoms with Gasteiger partial charge in [0.2, 0.25) is 6.29 Å². The zero-order chi connectivity index (χ0) is 12.5. The van der Waals surface area contributed by atoms with Crippen LogP contribution in [0.3, 0.4) is 0 Å². The van der Waals surface area contributed by atoms with Crippen LogP contribution in [0.1, 0.15) is 47.0 Å². The van der Waals surface area contributed by atoms with Gasteiger partial charge in [-0.25, -0.2) is 0 Å². The van der Waals surface area contributed by atoms with E-state index < -0.39 is 0 Å². The average Bonchev–Trinajstić information content (AvgIpc) is 2.25. The topological polar surface area (TPSA) is 30.9 Å². The number of hydrogen-bond acceptors (Lipinski definition) is 4. The Morgan fingerprint density at radius 1 is 1.06 bits per heavy atom. The van der Waals surface area contributed by atoms with Crippen molar-refractivity contribution in [2.75, 3.05) is 19.8 Å². The van der Waals surface area contributed by atoms with Crippen LogP contribution in [0.2, 0.25) is 0 Å². The van der Waals surface area contributed by atoms with Crippen molar-refractivity contribution in [3.63, 3.8) is 0 Å². The van der Waals surface area contributed by atoms with E-state index in [-0.39, 0.29) is 17.4 Å². The molecule has 1 unspecified atom stereocenters. The van der Waals surface area contributed by atoms with Gasteiger partial charge in [0, 0.05) is 11.1 Å². The van der Waals surface area contributed by atoms with Crippen molar-refractivity contribution in [1.82, 2.24) is 5.06 Å². The minimum Gasteiger partial charge on any atom is -0.374 e. The van der Waals surface area contributed by atoms with Gasteiger partial charge in [-0.1, -0.05) is 0 Å². The number of hydrogen-bond donors (Lipinski definition) is 0. The van der Waals surface area contributed by atoms with Crippen molar-refractivity contribution in [2.24, 2.45) is 0 Å². The minimum absolute atomic E-state index is 0.0581. The molecule has 4 heteroatoms. The molecule has 0 aromatic rings. The van der Waals surface area contributed by atoms with Crippen molar-refractivity contribution in [3.05, 3.63) is 0 Å². The molecule has 2 rings (SSSR count). The van der Waals surface area contributed by atoms with Gasteiger partial charge in [0.05, 0.1) is 19.8 Å². The summed E-state index contributed by atoms with van der Waals surface area (Å²) in [5.74, 6) is 0. The summed E-state index contributed by atoms with van der Waals surface area (Å²) in [4.78, 5) is 6.05. The van der Waals surface area contributed by atoms with Crippen LogP contribution in [0.4, 0.5) is 0 Å². The zero-order valence-corrected chi connectivity index (χ0v) is 11.5. The van der Waals surface area contributed by atoms with Crippen LogP contribution in [-0.2, 0) is 14.3 Å². The van der Waals surface area contributed by atoms with Gasteiger partial charge in [-0.2, -0.15) is 5.06 Å². The van der Waals surface area contributed by atoms with E-state index in [1.807, 2.05) is 0 Å². The molecule has 100 valence electrons. The molecule has 2 saturated heterocycles. The summed E-state index contributed by atoms with van der Waals surface area (Å²) in [6, 6.07) is 0. The lowest BCUT2D eigenvalue weighted by molar-refractivity contribution is -0.370. The Kier molecular flexibility index (Phi) is 3.78. The van der Waals surface area contributed by atoms with Crippen molar-refractivity contribution in [2.45, 2.75) is 64.3 Å². The normalized spacial score (nSPS) is 33.5. The summed E-state index contributed by atoms with van der Waals surface area (Å²) in [5, 5.41) is 2.13. The van der Waals surface area contributed by atoms with E-state index in [2.05, 4.69) is 32.8 Å². The van der Waals surface area contributed by atoms with Gasteiger partial charge in [-0.15, -0.1) is 0 Å². The van der Waals surface area contributed by atoms with E-state index in [0.717, 1.165) is 12.8 Å². The van der Waals surface area contributed by atoms with E-state index in [0.29, 0.717) is 19.8 Å². The summed E-state index contributed by atoms with van der Waals surface area (Å²) in [6.07, 6.45) is 3.32. The van der Waals surface area contributed by atoms with Crippen molar-refractivity contribution in [3.8, 4) is 0 Å². The summed E-state index contributed by atoms with van der Waals surface area (Å²) >= 11 is 0. The molecule has 4 nitrogen and oxygen atoms in total. The van der Waals surface area contributed by atoms with Gasteiger partial charge in [0.15, 0.2) is 0 Å². The molecule has 0 radical (unpaired) electrons. The van der Waals surface area contributed by atoms with E-state index in [1.54, 1.807) is 0 Å². The third-order valence-electron chi connectivity index (χ3n) is 3.69. The molecule has 0 aromatic heterocycles. The summed E-state index contributed by atoms with van der Waals surface area (Å²) in [6.45, 7) is 10.8. The highest BCUT2D eigenvalue weighted by molar-refractivity contribution is 4.92. The Morgan fingerprint density at radius 2 is 1.71 bits per heavy atom. The Balaban J connectivity index is 2.03. The molecule has 0 spiro atoms. The molecule has 0 amide bonds. The van der Waals surface area contributed by atoms with Gasteiger partial charge in [0.1, 0.15) is 0 Å². The SMILES string of the molecule is CC1(C)CCCC(C)(C)N1OC1COCCO1. The lowest BCUT2D eigenvalue weighted by atomic mass is 9.82. The lowest BCUT2D eigenvalue weighted by Gasteiger charge is -2.52. The average molecular weight is 243 g/mol. The Hall–Kier alpha value is -0.160. The smallest absolute Gasteiger partial charge is 0.201 e. The molecule has 0 N–H and O–H groups in total. The highest BCUT2D eigenvalue weighted by atomic mass is 16.8. The fraction of sp³-hybridized carbons (Fsp3) is 1.00. The molecule has 17 heavy (non-hydrogen) atoms. The van der Waals surface area contributed by atoms with Crippen molar-refractivity contribution >= 4 is 0 Å². The maximum Gasteiger partial charge on any atom is 0.201 e. The first-order chi connectivity index (χ1) is 7.92. The van der Waals surface area contributed by atoms with Crippen molar-refractivity contribution in [1.29, 1.82) is 0 Å². The van der Waals surface area contributed by atoms with Gasteiger partial charge < -0.3 is 9.47 Å². The van der Waals surface area contributed by atoms with Gasteiger partial charge in [-0.3, -0.25) is 4.84 Å². The fourth-order valence-electron chi connectivity index (χ4n) is 2.91. The second-order valence-corrected chi connectivity index (χ2v) is 6.25. The van der Waals surface area contributed by atoms with Gasteiger partial charge >= 0.3 is 0 Å². The van der Waals surface area contributed by atoms with Crippen LogP contribution < -0.4 is 0 Å². The van der Waals surface area contributed by atoms with Crippen LogP contribution in [0.5, 0.6) is 0 Å². The quantitative estimate of drug-likeness (QED) is 0.745. The molecular formula is C13H25NO3. The third kappa shape index (κ3) is 2.99. The molecule has 2 aliphatic rings. The predicted molar refractivity (Wildman–Crippen MR) is 65.5 cm³/mol. The van der Waals surface area contributed by atoms with Crippen LogP contribution in [0, 0.1) is 0 Å².